The number of carbonyl (C=O) groups is 1. The Kier molecular flexibility index (Phi) is 8.03. The quantitative estimate of drug-likeness (QED) is 0.179. The number of amidine groups is 1. The largest absolute Gasteiger partial charge is 0.480 e. The number of aryl methyl sites for hydroxylation is 1. The van der Waals surface area contributed by atoms with Crippen LogP contribution in [-0.4, -0.2) is 51.4 Å². The van der Waals surface area contributed by atoms with Crippen molar-refractivity contribution in [2.75, 3.05) is 10.8 Å². The number of halogens is 1. The van der Waals surface area contributed by atoms with E-state index in [1.165, 1.54) is 41.2 Å². The lowest BCUT2D eigenvalue weighted by Gasteiger charge is -2.23. The number of hydrogen-bond donors (Lipinski definition) is 3. The second-order valence-corrected chi connectivity index (χ2v) is 10.8. The zero-order valence-electron chi connectivity index (χ0n) is 21.6. The molecule has 0 spiro atoms. The summed E-state index contributed by atoms with van der Waals surface area (Å²) in [5.74, 6) is -1.54. The van der Waals surface area contributed by atoms with Gasteiger partial charge in [0.2, 0.25) is 0 Å². The van der Waals surface area contributed by atoms with E-state index in [0.29, 0.717) is 27.7 Å². The highest BCUT2D eigenvalue weighted by molar-refractivity contribution is 7.93. The molecule has 0 aliphatic rings. The predicted molar refractivity (Wildman–Crippen MR) is 156 cm³/mol. The van der Waals surface area contributed by atoms with E-state index in [1.54, 1.807) is 43.4 Å². The number of para-hydroxylation sites is 1. The number of fused-ring (bicyclic) bond motifs is 2. The molecule has 0 aliphatic heterocycles. The molecule has 0 radical (unpaired) electrons. The van der Waals surface area contributed by atoms with Crippen molar-refractivity contribution in [1.29, 1.82) is 5.41 Å². The normalized spacial score (nSPS) is 11.2. The van der Waals surface area contributed by atoms with Crippen molar-refractivity contribution in [3.05, 3.63) is 100 Å². The molecule has 5 rings (SSSR count). The minimum atomic E-state index is -4.37. The van der Waals surface area contributed by atoms with Gasteiger partial charge in [0.15, 0.2) is 0 Å². The van der Waals surface area contributed by atoms with E-state index >= 15 is 0 Å². The molecule has 0 atom stereocenters. The van der Waals surface area contributed by atoms with E-state index in [0.717, 1.165) is 4.31 Å². The molecule has 3 heterocycles. The Hall–Kier alpha value is -4.88. The average molecular weight is 594 g/mol. The first-order valence-electron chi connectivity index (χ1n) is 11.9. The molecular weight excluding hydrogens is 570 g/mol. The number of anilines is 1. The number of nitrogens with zero attached hydrogens (tertiary/aromatic N) is 5. The highest BCUT2D eigenvalue weighted by Crippen LogP contribution is 2.29. The molecule has 0 fully saturated rings. The van der Waals surface area contributed by atoms with E-state index in [9.17, 15) is 23.1 Å². The number of nitrogens with two attached hydrogens (primary N) is 1. The van der Waals surface area contributed by atoms with Crippen molar-refractivity contribution in [3.8, 4) is 0 Å². The molecular formula is C27H24ClN7O5S. The lowest BCUT2D eigenvalue weighted by Crippen LogP contribution is -2.36. The monoisotopic (exact) mass is 593 g/mol. The SMILES string of the molecule is Cl.Cn1c(=O)c(Cc2ccc(C(=N)N)nc2)nc2cc(N(CC(=O)O)S(=O)(=O)c3cccc4cccnc34)ccc21. The van der Waals surface area contributed by atoms with Crippen LogP contribution in [0, 0.1) is 5.41 Å². The average Bonchev–Trinajstić information content (AvgIpc) is 2.94. The number of nitrogen functional groups attached to an aromatic ring is 1. The molecule has 14 heteroatoms. The molecule has 0 amide bonds. The van der Waals surface area contributed by atoms with E-state index < -0.39 is 22.5 Å². The Morgan fingerprint density at radius 1 is 1.10 bits per heavy atom. The summed E-state index contributed by atoms with van der Waals surface area (Å²) >= 11 is 0. The molecule has 0 unspecified atom stereocenters. The molecule has 5 aromatic rings. The molecule has 0 aliphatic carbocycles. The van der Waals surface area contributed by atoms with Gasteiger partial charge in [-0.2, -0.15) is 0 Å². The topological polar surface area (TPSA) is 185 Å². The van der Waals surface area contributed by atoms with Crippen LogP contribution in [0.25, 0.3) is 21.9 Å². The van der Waals surface area contributed by atoms with Gasteiger partial charge < -0.3 is 15.4 Å². The molecule has 2 aromatic carbocycles. The lowest BCUT2D eigenvalue weighted by atomic mass is 10.1. The van der Waals surface area contributed by atoms with Gasteiger partial charge in [0.05, 0.1) is 22.2 Å². The van der Waals surface area contributed by atoms with Crippen LogP contribution in [0.2, 0.25) is 0 Å². The number of nitrogens with one attached hydrogen (secondary N) is 1. The maximum Gasteiger partial charge on any atom is 0.324 e. The summed E-state index contributed by atoms with van der Waals surface area (Å²) < 4.78 is 29.9. The first kappa shape index (κ1) is 29.1. The third-order valence-electron chi connectivity index (χ3n) is 6.33. The summed E-state index contributed by atoms with van der Waals surface area (Å²) in [4.78, 5) is 37.5. The molecule has 0 bridgehead atoms. The van der Waals surface area contributed by atoms with E-state index in [-0.39, 0.29) is 52.0 Å². The van der Waals surface area contributed by atoms with Crippen LogP contribution in [0.1, 0.15) is 17.0 Å². The van der Waals surface area contributed by atoms with Gasteiger partial charge in [-0.15, -0.1) is 12.4 Å². The second-order valence-electron chi connectivity index (χ2n) is 8.97. The predicted octanol–water partition coefficient (Wildman–Crippen LogP) is 2.45. The maximum atomic E-state index is 13.8. The summed E-state index contributed by atoms with van der Waals surface area (Å²) in [6, 6.07) is 15.7. The number of rotatable bonds is 8. The Bertz CT molecular complexity index is 1970. The Balaban J connectivity index is 0.00000387. The third-order valence-corrected chi connectivity index (χ3v) is 8.14. The van der Waals surface area contributed by atoms with Crippen molar-refractivity contribution >= 4 is 61.9 Å². The highest BCUT2D eigenvalue weighted by Gasteiger charge is 2.29. The van der Waals surface area contributed by atoms with Gasteiger partial charge in [0, 0.05) is 31.2 Å². The number of aromatic nitrogens is 4. The molecule has 0 saturated carbocycles. The van der Waals surface area contributed by atoms with Crippen LogP contribution in [0.4, 0.5) is 5.69 Å². The number of benzene rings is 2. The third kappa shape index (κ3) is 5.58. The van der Waals surface area contributed by atoms with Crippen LogP contribution in [0.5, 0.6) is 0 Å². The molecule has 210 valence electrons. The molecule has 4 N–H and O–H groups in total. The van der Waals surface area contributed by atoms with Gasteiger partial charge >= 0.3 is 5.97 Å². The van der Waals surface area contributed by atoms with E-state index in [4.69, 9.17) is 11.1 Å². The lowest BCUT2D eigenvalue weighted by molar-refractivity contribution is -0.135. The van der Waals surface area contributed by atoms with Crippen LogP contribution in [0.15, 0.2) is 82.7 Å². The van der Waals surface area contributed by atoms with Crippen molar-refractivity contribution in [3.63, 3.8) is 0 Å². The molecule has 41 heavy (non-hydrogen) atoms. The minimum Gasteiger partial charge on any atom is -0.480 e. The standard InChI is InChI=1S/C27H23N7O5S.ClH/c1-33-22-10-8-18(13-20(22)32-21(27(33)37)12-16-7-9-19(26(28)29)31-14-16)34(15-24(35)36)40(38,39)23-6-2-4-17-5-3-11-30-25(17)23;/h2-11,13-14H,12,15H2,1H3,(H3,28,29)(H,35,36);1H. The first-order valence-corrected chi connectivity index (χ1v) is 13.4. The fourth-order valence-corrected chi connectivity index (χ4v) is 5.95. The highest BCUT2D eigenvalue weighted by atomic mass is 35.5. The fraction of sp³-hybridized carbons (Fsp3) is 0.111. The van der Waals surface area contributed by atoms with Gasteiger partial charge in [0.1, 0.15) is 28.7 Å². The van der Waals surface area contributed by atoms with Gasteiger partial charge in [-0.25, -0.2) is 13.4 Å². The van der Waals surface area contributed by atoms with Crippen molar-refractivity contribution < 1.29 is 18.3 Å². The Morgan fingerprint density at radius 3 is 2.54 bits per heavy atom. The number of carboxylic acid groups (broad SMARTS) is 1. The second kappa shape index (κ2) is 11.3. The van der Waals surface area contributed by atoms with Crippen LogP contribution >= 0.6 is 12.4 Å². The van der Waals surface area contributed by atoms with Crippen molar-refractivity contribution in [1.82, 2.24) is 19.5 Å². The Labute approximate surface area is 240 Å². The molecule has 12 nitrogen and oxygen atoms in total. The maximum absolute atomic E-state index is 13.8. The van der Waals surface area contributed by atoms with Gasteiger partial charge in [0.25, 0.3) is 15.6 Å². The zero-order valence-corrected chi connectivity index (χ0v) is 23.2. The molecule has 0 saturated heterocycles. The summed E-state index contributed by atoms with van der Waals surface area (Å²) in [6.07, 6.45) is 3.09. The number of aliphatic carboxylic acids is 1. The Morgan fingerprint density at radius 2 is 1.85 bits per heavy atom. The number of sulfonamides is 1. The molecule has 3 aromatic heterocycles. The number of hydrogen-bond acceptors (Lipinski definition) is 8. The zero-order chi connectivity index (χ0) is 28.6. The smallest absolute Gasteiger partial charge is 0.324 e. The van der Waals surface area contributed by atoms with Crippen LogP contribution < -0.4 is 15.6 Å². The summed E-state index contributed by atoms with van der Waals surface area (Å²) in [5.41, 5.74) is 7.24. The number of pyridine rings is 2. The fourth-order valence-electron chi connectivity index (χ4n) is 4.37. The van der Waals surface area contributed by atoms with Gasteiger partial charge in [-0.1, -0.05) is 24.3 Å². The summed E-state index contributed by atoms with van der Waals surface area (Å²) in [7, 11) is -2.81. The van der Waals surface area contributed by atoms with E-state index in [2.05, 4.69) is 15.0 Å². The van der Waals surface area contributed by atoms with Crippen LogP contribution in [0.3, 0.4) is 0 Å². The van der Waals surface area contributed by atoms with Crippen LogP contribution in [-0.2, 0) is 28.3 Å². The van der Waals surface area contributed by atoms with Crippen molar-refractivity contribution in [2.24, 2.45) is 12.8 Å². The van der Waals surface area contributed by atoms with Crippen molar-refractivity contribution in [2.45, 2.75) is 11.3 Å². The summed E-state index contributed by atoms with van der Waals surface area (Å²) in [6.45, 7) is -0.843. The van der Waals surface area contributed by atoms with Gasteiger partial charge in [-0.05, 0) is 42.0 Å². The summed E-state index contributed by atoms with van der Waals surface area (Å²) in [5, 5.41) is 17.7. The van der Waals surface area contributed by atoms with E-state index in [1.807, 2.05) is 0 Å². The first-order chi connectivity index (χ1) is 19.1. The van der Waals surface area contributed by atoms with Gasteiger partial charge in [-0.3, -0.25) is 29.3 Å². The number of carboxylic acids is 1. The minimum absolute atomic E-state index is 0.